The quantitative estimate of drug-likeness (QED) is 0.816. The van der Waals surface area contributed by atoms with Gasteiger partial charge in [0.25, 0.3) is 5.56 Å². The van der Waals surface area contributed by atoms with Gasteiger partial charge in [0, 0.05) is 31.9 Å². The van der Waals surface area contributed by atoms with Crippen molar-refractivity contribution in [3.05, 3.63) is 33.2 Å². The lowest BCUT2D eigenvalue weighted by atomic mass is 10.3. The summed E-state index contributed by atoms with van der Waals surface area (Å²) in [6.07, 6.45) is 3.65. The topological polar surface area (TPSA) is 107 Å². The SMILES string of the molecule is CCCn1c(=O)n(CCCC(=O)O)c(=O)c2nccnc21. The van der Waals surface area contributed by atoms with Gasteiger partial charge in [-0.15, -0.1) is 0 Å². The van der Waals surface area contributed by atoms with Crippen molar-refractivity contribution in [2.45, 2.75) is 39.3 Å². The Morgan fingerprint density at radius 2 is 1.90 bits per heavy atom. The standard InChI is InChI=1S/C13H16N4O4/c1-2-7-16-11-10(14-5-6-15-11)12(20)17(13(16)21)8-3-4-9(18)19/h5-6H,2-4,7-8H2,1H3,(H,18,19). The molecule has 2 aromatic rings. The molecule has 0 saturated carbocycles. The molecule has 0 bridgehead atoms. The van der Waals surface area contributed by atoms with E-state index in [-0.39, 0.29) is 30.6 Å². The van der Waals surface area contributed by atoms with Gasteiger partial charge >= 0.3 is 11.7 Å². The Hall–Kier alpha value is -2.51. The van der Waals surface area contributed by atoms with Crippen LogP contribution in [0.4, 0.5) is 0 Å². The zero-order valence-corrected chi connectivity index (χ0v) is 11.7. The molecule has 0 aliphatic rings. The van der Waals surface area contributed by atoms with Crippen LogP contribution in [-0.2, 0) is 17.9 Å². The molecule has 0 aliphatic heterocycles. The summed E-state index contributed by atoms with van der Waals surface area (Å²) in [5, 5.41) is 8.65. The van der Waals surface area contributed by atoms with Crippen LogP contribution >= 0.6 is 0 Å². The molecule has 2 rings (SSSR count). The van der Waals surface area contributed by atoms with E-state index in [2.05, 4.69) is 9.97 Å². The highest BCUT2D eigenvalue weighted by Crippen LogP contribution is 2.02. The molecule has 0 unspecified atom stereocenters. The second-order valence-electron chi connectivity index (χ2n) is 4.62. The lowest BCUT2D eigenvalue weighted by Gasteiger charge is -2.11. The highest BCUT2D eigenvalue weighted by atomic mass is 16.4. The van der Waals surface area contributed by atoms with Gasteiger partial charge in [-0.2, -0.15) is 0 Å². The van der Waals surface area contributed by atoms with Crippen molar-refractivity contribution >= 4 is 17.1 Å². The van der Waals surface area contributed by atoms with Gasteiger partial charge in [0.2, 0.25) is 0 Å². The van der Waals surface area contributed by atoms with E-state index in [0.29, 0.717) is 13.0 Å². The van der Waals surface area contributed by atoms with Gasteiger partial charge in [0.15, 0.2) is 11.2 Å². The molecule has 0 aliphatic carbocycles. The Morgan fingerprint density at radius 1 is 1.19 bits per heavy atom. The predicted octanol–water partition coefficient (Wildman–Crippen LogP) is 0.228. The van der Waals surface area contributed by atoms with Gasteiger partial charge in [-0.1, -0.05) is 6.92 Å². The van der Waals surface area contributed by atoms with Crippen molar-refractivity contribution in [3.63, 3.8) is 0 Å². The fourth-order valence-corrected chi connectivity index (χ4v) is 2.14. The molecule has 0 amide bonds. The number of rotatable bonds is 6. The van der Waals surface area contributed by atoms with Crippen molar-refractivity contribution in [1.29, 1.82) is 0 Å². The van der Waals surface area contributed by atoms with Crippen molar-refractivity contribution < 1.29 is 9.90 Å². The average molecular weight is 292 g/mol. The van der Waals surface area contributed by atoms with Gasteiger partial charge in [-0.3, -0.25) is 18.7 Å². The number of aryl methyl sites for hydroxylation is 1. The Morgan fingerprint density at radius 3 is 2.57 bits per heavy atom. The van der Waals surface area contributed by atoms with E-state index >= 15 is 0 Å². The van der Waals surface area contributed by atoms with Crippen LogP contribution in [-0.4, -0.2) is 30.2 Å². The summed E-state index contributed by atoms with van der Waals surface area (Å²) < 4.78 is 2.44. The van der Waals surface area contributed by atoms with E-state index in [1.54, 1.807) is 0 Å². The number of fused-ring (bicyclic) bond motifs is 1. The smallest absolute Gasteiger partial charge is 0.332 e. The average Bonchev–Trinajstić information content (AvgIpc) is 2.47. The second kappa shape index (κ2) is 6.29. The van der Waals surface area contributed by atoms with Crippen LogP contribution in [0, 0.1) is 0 Å². The third-order valence-corrected chi connectivity index (χ3v) is 3.06. The fourth-order valence-electron chi connectivity index (χ4n) is 2.14. The van der Waals surface area contributed by atoms with Crippen LogP contribution in [0.5, 0.6) is 0 Å². The number of hydrogen-bond donors (Lipinski definition) is 1. The number of aromatic nitrogens is 4. The zero-order valence-electron chi connectivity index (χ0n) is 11.7. The maximum Gasteiger partial charge on any atom is 0.332 e. The minimum atomic E-state index is -0.961. The lowest BCUT2D eigenvalue weighted by Crippen LogP contribution is -2.40. The third-order valence-electron chi connectivity index (χ3n) is 3.06. The minimum Gasteiger partial charge on any atom is -0.481 e. The molecule has 112 valence electrons. The summed E-state index contributed by atoms with van der Waals surface area (Å²) in [5.74, 6) is -0.961. The molecular formula is C13H16N4O4. The summed E-state index contributed by atoms with van der Waals surface area (Å²) in [7, 11) is 0. The number of nitrogens with zero attached hydrogens (tertiary/aromatic N) is 4. The van der Waals surface area contributed by atoms with Crippen molar-refractivity contribution in [1.82, 2.24) is 19.1 Å². The molecule has 8 nitrogen and oxygen atoms in total. The monoisotopic (exact) mass is 292 g/mol. The van der Waals surface area contributed by atoms with Crippen LogP contribution in [0.3, 0.4) is 0 Å². The summed E-state index contributed by atoms with van der Waals surface area (Å²) in [4.78, 5) is 43.3. The van der Waals surface area contributed by atoms with Gasteiger partial charge in [0.1, 0.15) is 0 Å². The summed E-state index contributed by atoms with van der Waals surface area (Å²) in [6.45, 7) is 2.39. The van der Waals surface area contributed by atoms with E-state index in [4.69, 9.17) is 5.11 Å². The second-order valence-corrected chi connectivity index (χ2v) is 4.62. The molecule has 0 saturated heterocycles. The molecule has 0 radical (unpaired) electrons. The molecule has 1 N–H and O–H groups in total. The molecule has 0 aromatic carbocycles. The van der Waals surface area contributed by atoms with Crippen LogP contribution in [0.1, 0.15) is 26.2 Å². The van der Waals surface area contributed by atoms with Gasteiger partial charge in [-0.05, 0) is 12.8 Å². The predicted molar refractivity (Wildman–Crippen MR) is 75.2 cm³/mol. The largest absolute Gasteiger partial charge is 0.481 e. The van der Waals surface area contributed by atoms with Crippen molar-refractivity contribution in [2.24, 2.45) is 0 Å². The normalized spacial score (nSPS) is 10.9. The lowest BCUT2D eigenvalue weighted by molar-refractivity contribution is -0.137. The molecule has 2 heterocycles. The number of aliphatic carboxylic acids is 1. The maximum absolute atomic E-state index is 12.4. The van der Waals surface area contributed by atoms with Crippen molar-refractivity contribution in [2.75, 3.05) is 0 Å². The van der Waals surface area contributed by atoms with Crippen LogP contribution in [0.25, 0.3) is 11.2 Å². The van der Waals surface area contributed by atoms with Gasteiger partial charge in [-0.25, -0.2) is 14.8 Å². The Labute approximate surface area is 119 Å². The molecule has 8 heteroatoms. The van der Waals surface area contributed by atoms with E-state index in [1.165, 1.54) is 17.0 Å². The molecule has 0 atom stereocenters. The first-order valence-electron chi connectivity index (χ1n) is 6.72. The highest BCUT2D eigenvalue weighted by Gasteiger charge is 2.14. The number of hydrogen-bond acceptors (Lipinski definition) is 5. The first-order chi connectivity index (χ1) is 10.1. The van der Waals surface area contributed by atoms with Gasteiger partial charge < -0.3 is 5.11 Å². The summed E-state index contributed by atoms with van der Waals surface area (Å²) in [5.41, 5.74) is -0.606. The van der Waals surface area contributed by atoms with Crippen LogP contribution < -0.4 is 11.2 Å². The van der Waals surface area contributed by atoms with E-state index in [1.807, 2.05) is 6.92 Å². The van der Waals surface area contributed by atoms with Crippen molar-refractivity contribution in [3.8, 4) is 0 Å². The fraction of sp³-hybridized carbons (Fsp3) is 0.462. The molecule has 0 spiro atoms. The van der Waals surface area contributed by atoms with E-state index in [9.17, 15) is 14.4 Å². The van der Waals surface area contributed by atoms with E-state index < -0.39 is 17.2 Å². The summed E-state index contributed by atoms with van der Waals surface area (Å²) in [6, 6.07) is 0. The molecule has 21 heavy (non-hydrogen) atoms. The Bertz CT molecular complexity index is 778. The van der Waals surface area contributed by atoms with E-state index in [0.717, 1.165) is 4.57 Å². The number of carboxylic acids is 1. The number of carboxylic acid groups (broad SMARTS) is 1. The zero-order chi connectivity index (χ0) is 15.4. The maximum atomic E-state index is 12.4. The van der Waals surface area contributed by atoms with Crippen LogP contribution in [0.2, 0.25) is 0 Å². The Kier molecular flexibility index (Phi) is 4.46. The summed E-state index contributed by atoms with van der Waals surface area (Å²) >= 11 is 0. The third kappa shape index (κ3) is 2.99. The molecular weight excluding hydrogens is 276 g/mol. The first-order valence-corrected chi connectivity index (χ1v) is 6.72. The minimum absolute atomic E-state index is 0.0557. The Balaban J connectivity index is 2.57. The van der Waals surface area contributed by atoms with Crippen LogP contribution in [0.15, 0.2) is 22.0 Å². The van der Waals surface area contributed by atoms with Gasteiger partial charge in [0.05, 0.1) is 0 Å². The highest BCUT2D eigenvalue weighted by molar-refractivity contribution is 5.68. The molecule has 2 aromatic heterocycles. The number of carbonyl (C=O) groups is 1. The first kappa shape index (κ1) is 14.9. The molecule has 0 fully saturated rings.